The number of hydrogen-bond acceptors (Lipinski definition) is 6. The summed E-state index contributed by atoms with van der Waals surface area (Å²) in [6.07, 6.45) is 5.86. The molecule has 1 aromatic carbocycles. The Balaban J connectivity index is 0.00000364. The van der Waals surface area contributed by atoms with E-state index in [0.717, 1.165) is 40.0 Å². The Morgan fingerprint density at radius 3 is 2.52 bits per heavy atom. The number of anilines is 1. The third kappa shape index (κ3) is 7.50. The Hall–Kier alpha value is -1.60. The number of thiazole rings is 1. The fourth-order valence-electron chi connectivity index (χ4n) is 2.64. The van der Waals surface area contributed by atoms with E-state index in [-0.39, 0.29) is 23.0 Å². The fraction of sp³-hybridized carbons (Fsp3) is 0.500. The Kier molecular flexibility index (Phi) is 11.0. The number of nitrogens with one attached hydrogen (secondary N) is 1. The molecule has 0 unspecified atom stereocenters. The molecule has 1 aromatic heterocycles. The van der Waals surface area contributed by atoms with Crippen LogP contribution in [0.3, 0.4) is 0 Å². The van der Waals surface area contributed by atoms with Gasteiger partial charge in [-0.15, -0.1) is 28.3 Å². The quantitative estimate of drug-likeness (QED) is 0.357. The zero-order chi connectivity index (χ0) is 18.8. The first-order valence-electron chi connectivity index (χ1n) is 9.12. The Morgan fingerprint density at radius 2 is 1.89 bits per heavy atom. The molecule has 0 aliphatic carbocycles. The lowest BCUT2D eigenvalue weighted by atomic mass is 10.1. The van der Waals surface area contributed by atoms with Crippen molar-refractivity contribution >= 4 is 39.4 Å². The number of aromatic nitrogens is 1. The highest BCUT2D eigenvalue weighted by Gasteiger charge is 2.15. The van der Waals surface area contributed by atoms with Gasteiger partial charge in [-0.1, -0.05) is 26.2 Å². The van der Waals surface area contributed by atoms with E-state index in [1.165, 1.54) is 26.4 Å². The standard InChI is InChI=1S/C20H28N2O3S.BrH/c1-4-5-6-7-14-21-20-22-19(15-8-10-16(24-2)11-9-15)17(26-20)12-13-18(23)25-3;/h8-11H,4-7,12-14H2,1-3H3,(H,21,22);1H. The van der Waals surface area contributed by atoms with Crippen LogP contribution in [0, 0.1) is 0 Å². The molecule has 0 atom stereocenters. The molecule has 5 nitrogen and oxygen atoms in total. The SMILES string of the molecule is Br.CCCCCCNc1nc(-c2ccc(OC)cc2)c(CCC(=O)OC)s1. The zero-order valence-electron chi connectivity index (χ0n) is 16.2. The number of aryl methyl sites for hydroxylation is 1. The smallest absolute Gasteiger partial charge is 0.305 e. The molecule has 0 saturated carbocycles. The van der Waals surface area contributed by atoms with Crippen molar-refractivity contribution in [3.63, 3.8) is 0 Å². The molecular formula is C20H29BrN2O3S. The molecule has 0 aliphatic heterocycles. The largest absolute Gasteiger partial charge is 0.497 e. The van der Waals surface area contributed by atoms with Crippen LogP contribution in [0.4, 0.5) is 5.13 Å². The minimum atomic E-state index is -0.201. The van der Waals surface area contributed by atoms with Crippen LogP contribution in [-0.4, -0.2) is 31.7 Å². The first-order valence-corrected chi connectivity index (χ1v) is 9.94. The first-order chi connectivity index (χ1) is 12.7. The highest BCUT2D eigenvalue weighted by Crippen LogP contribution is 2.33. The van der Waals surface area contributed by atoms with Gasteiger partial charge in [-0.05, 0) is 37.1 Å². The summed E-state index contributed by atoms with van der Waals surface area (Å²) in [5.74, 6) is 0.613. The van der Waals surface area contributed by atoms with Gasteiger partial charge < -0.3 is 14.8 Å². The molecule has 1 heterocycles. The maximum atomic E-state index is 11.5. The number of hydrogen-bond donors (Lipinski definition) is 1. The van der Waals surface area contributed by atoms with Crippen molar-refractivity contribution in [3.8, 4) is 17.0 Å². The highest BCUT2D eigenvalue weighted by molar-refractivity contribution is 8.93. The summed E-state index contributed by atoms with van der Waals surface area (Å²) < 4.78 is 10.00. The summed E-state index contributed by atoms with van der Waals surface area (Å²) in [5.41, 5.74) is 1.96. The molecule has 0 radical (unpaired) electrons. The first kappa shape index (κ1) is 23.4. The summed E-state index contributed by atoms with van der Waals surface area (Å²) >= 11 is 1.62. The molecule has 0 fully saturated rings. The van der Waals surface area contributed by atoms with Crippen LogP contribution in [0.25, 0.3) is 11.3 Å². The lowest BCUT2D eigenvalue weighted by Crippen LogP contribution is -2.01. The summed E-state index contributed by atoms with van der Waals surface area (Å²) in [6.45, 7) is 3.13. The van der Waals surface area contributed by atoms with E-state index in [1.807, 2.05) is 24.3 Å². The second-order valence-electron chi connectivity index (χ2n) is 6.08. The van der Waals surface area contributed by atoms with E-state index in [0.29, 0.717) is 12.8 Å². The maximum absolute atomic E-state index is 11.5. The van der Waals surface area contributed by atoms with Crippen LogP contribution in [0.2, 0.25) is 0 Å². The van der Waals surface area contributed by atoms with Crippen molar-refractivity contribution in [3.05, 3.63) is 29.1 Å². The monoisotopic (exact) mass is 456 g/mol. The molecule has 2 aromatic rings. The van der Waals surface area contributed by atoms with Crippen LogP contribution < -0.4 is 10.1 Å². The van der Waals surface area contributed by atoms with E-state index in [2.05, 4.69) is 12.2 Å². The number of nitrogens with zero attached hydrogens (tertiary/aromatic N) is 1. The predicted octanol–water partition coefficient (Wildman–Crippen LogP) is 5.49. The minimum Gasteiger partial charge on any atom is -0.497 e. The van der Waals surface area contributed by atoms with E-state index < -0.39 is 0 Å². The zero-order valence-corrected chi connectivity index (χ0v) is 18.8. The molecule has 0 bridgehead atoms. The summed E-state index contributed by atoms with van der Waals surface area (Å²) in [5, 5.41) is 4.33. The highest BCUT2D eigenvalue weighted by atomic mass is 79.9. The number of rotatable bonds is 11. The van der Waals surface area contributed by atoms with Crippen molar-refractivity contribution in [1.29, 1.82) is 0 Å². The van der Waals surface area contributed by atoms with Crippen LogP contribution in [0.5, 0.6) is 5.75 Å². The molecule has 0 aliphatic rings. The second kappa shape index (κ2) is 12.7. The number of carbonyl (C=O) groups excluding carboxylic acids is 1. The Bertz CT molecular complexity index is 689. The molecule has 150 valence electrons. The third-order valence-corrected chi connectivity index (χ3v) is 5.22. The fourth-order valence-corrected chi connectivity index (χ4v) is 3.64. The Morgan fingerprint density at radius 1 is 1.15 bits per heavy atom. The van der Waals surface area contributed by atoms with E-state index in [9.17, 15) is 4.79 Å². The molecular weight excluding hydrogens is 428 g/mol. The van der Waals surface area contributed by atoms with Crippen molar-refractivity contribution in [2.24, 2.45) is 0 Å². The number of unbranched alkanes of at least 4 members (excludes halogenated alkanes) is 3. The minimum absolute atomic E-state index is 0. The lowest BCUT2D eigenvalue weighted by Gasteiger charge is -2.04. The Labute approximate surface area is 176 Å². The number of halogens is 1. The van der Waals surface area contributed by atoms with Crippen LogP contribution in [-0.2, 0) is 16.0 Å². The molecule has 27 heavy (non-hydrogen) atoms. The van der Waals surface area contributed by atoms with Crippen LogP contribution in [0.1, 0.15) is 43.9 Å². The average molecular weight is 457 g/mol. The topological polar surface area (TPSA) is 60.5 Å². The molecule has 0 saturated heterocycles. The predicted molar refractivity (Wildman–Crippen MR) is 117 cm³/mol. The number of methoxy groups -OCH3 is 2. The van der Waals surface area contributed by atoms with E-state index in [4.69, 9.17) is 14.5 Å². The molecule has 0 amide bonds. The van der Waals surface area contributed by atoms with Gasteiger partial charge in [-0.25, -0.2) is 4.98 Å². The van der Waals surface area contributed by atoms with Crippen molar-refractivity contribution in [2.75, 3.05) is 26.1 Å². The van der Waals surface area contributed by atoms with Gasteiger partial charge in [0.05, 0.1) is 26.3 Å². The van der Waals surface area contributed by atoms with Crippen LogP contribution in [0.15, 0.2) is 24.3 Å². The normalized spacial score (nSPS) is 10.2. The van der Waals surface area contributed by atoms with E-state index in [1.54, 1.807) is 18.4 Å². The van der Waals surface area contributed by atoms with Crippen LogP contribution >= 0.6 is 28.3 Å². The summed E-state index contributed by atoms with van der Waals surface area (Å²) in [6, 6.07) is 7.86. The maximum Gasteiger partial charge on any atom is 0.305 e. The van der Waals surface area contributed by atoms with Crippen molar-refractivity contribution in [1.82, 2.24) is 4.98 Å². The summed E-state index contributed by atoms with van der Waals surface area (Å²) in [4.78, 5) is 17.4. The number of esters is 1. The number of benzene rings is 1. The van der Waals surface area contributed by atoms with Crippen molar-refractivity contribution < 1.29 is 14.3 Å². The van der Waals surface area contributed by atoms with Crippen molar-refractivity contribution in [2.45, 2.75) is 45.4 Å². The number of ether oxygens (including phenoxy) is 2. The molecule has 0 spiro atoms. The third-order valence-electron chi connectivity index (χ3n) is 4.15. The summed E-state index contributed by atoms with van der Waals surface area (Å²) in [7, 11) is 3.07. The second-order valence-corrected chi connectivity index (χ2v) is 7.17. The van der Waals surface area contributed by atoms with Gasteiger partial charge in [0.15, 0.2) is 5.13 Å². The average Bonchev–Trinajstić information content (AvgIpc) is 3.09. The van der Waals surface area contributed by atoms with Gasteiger partial charge in [0.25, 0.3) is 0 Å². The van der Waals surface area contributed by atoms with Gasteiger partial charge >= 0.3 is 5.97 Å². The molecule has 7 heteroatoms. The van der Waals surface area contributed by atoms with Gasteiger partial charge in [0.1, 0.15) is 5.75 Å². The van der Waals surface area contributed by atoms with Gasteiger partial charge in [-0.2, -0.15) is 0 Å². The van der Waals surface area contributed by atoms with Gasteiger partial charge in [-0.3, -0.25) is 4.79 Å². The van der Waals surface area contributed by atoms with Gasteiger partial charge in [0, 0.05) is 17.0 Å². The molecule has 2 rings (SSSR count). The van der Waals surface area contributed by atoms with Gasteiger partial charge in [0.2, 0.25) is 0 Å². The number of carbonyl (C=O) groups is 1. The lowest BCUT2D eigenvalue weighted by molar-refractivity contribution is -0.140. The molecule has 1 N–H and O–H groups in total. The van der Waals surface area contributed by atoms with E-state index >= 15 is 0 Å².